The molecule has 1 atom stereocenters. The van der Waals surface area contributed by atoms with Crippen LogP contribution < -0.4 is 5.32 Å². The third-order valence-corrected chi connectivity index (χ3v) is 3.69. The average Bonchev–Trinajstić information content (AvgIpc) is 2.47. The number of benzene rings is 1. The first-order chi connectivity index (χ1) is 9.28. The Morgan fingerprint density at radius 2 is 1.89 bits per heavy atom. The molecule has 0 aliphatic carbocycles. The van der Waals surface area contributed by atoms with Gasteiger partial charge >= 0.3 is 0 Å². The Bertz CT molecular complexity index is 350. The third-order valence-electron chi connectivity index (χ3n) is 3.69. The second-order valence-corrected chi connectivity index (χ2v) is 5.28. The zero-order valence-corrected chi connectivity index (χ0v) is 11.3. The number of rotatable bonds is 6. The Hall–Kier alpha value is -0.940. The highest BCUT2D eigenvalue weighted by atomic mass is 16.3. The van der Waals surface area contributed by atoms with E-state index in [1.54, 1.807) is 0 Å². The highest BCUT2D eigenvalue weighted by Crippen LogP contribution is 2.13. The molecule has 1 aromatic carbocycles. The molecular formula is C15H24N2O2. The van der Waals surface area contributed by atoms with Crippen molar-refractivity contribution < 1.29 is 10.2 Å². The first-order valence-electron chi connectivity index (χ1n) is 7.06. The van der Waals surface area contributed by atoms with Gasteiger partial charge in [0.15, 0.2) is 0 Å². The number of nitrogens with one attached hydrogen (secondary N) is 1. The van der Waals surface area contributed by atoms with E-state index in [0.717, 1.165) is 32.5 Å². The molecule has 106 valence electrons. The lowest BCUT2D eigenvalue weighted by Gasteiger charge is -2.32. The Morgan fingerprint density at radius 3 is 2.53 bits per heavy atom. The second kappa shape index (κ2) is 7.60. The van der Waals surface area contributed by atoms with Gasteiger partial charge in [-0.3, -0.25) is 4.90 Å². The molecule has 19 heavy (non-hydrogen) atoms. The third kappa shape index (κ3) is 4.91. The van der Waals surface area contributed by atoms with Crippen LogP contribution in [-0.4, -0.2) is 53.5 Å². The Balaban J connectivity index is 1.68. The van der Waals surface area contributed by atoms with E-state index in [0.29, 0.717) is 12.6 Å². The molecule has 1 heterocycles. The minimum atomic E-state index is -0.637. The van der Waals surface area contributed by atoms with Crippen molar-refractivity contribution in [3.63, 3.8) is 0 Å². The molecule has 0 saturated carbocycles. The van der Waals surface area contributed by atoms with E-state index >= 15 is 0 Å². The van der Waals surface area contributed by atoms with E-state index in [1.165, 1.54) is 5.56 Å². The molecular weight excluding hydrogens is 240 g/mol. The van der Waals surface area contributed by atoms with Crippen LogP contribution in [0.5, 0.6) is 0 Å². The van der Waals surface area contributed by atoms with Gasteiger partial charge in [0.2, 0.25) is 0 Å². The summed E-state index contributed by atoms with van der Waals surface area (Å²) in [5.41, 5.74) is 1.37. The molecule has 0 bridgehead atoms. The fourth-order valence-electron chi connectivity index (χ4n) is 2.50. The summed E-state index contributed by atoms with van der Waals surface area (Å²) in [6.45, 7) is 3.51. The van der Waals surface area contributed by atoms with E-state index in [2.05, 4.69) is 34.5 Å². The fourth-order valence-corrected chi connectivity index (χ4v) is 2.50. The monoisotopic (exact) mass is 264 g/mol. The number of likely N-dealkylation sites (tertiary alicyclic amines) is 1. The van der Waals surface area contributed by atoms with Crippen molar-refractivity contribution in [3.8, 4) is 0 Å². The molecule has 1 aliphatic heterocycles. The molecule has 4 heteroatoms. The van der Waals surface area contributed by atoms with E-state index in [9.17, 15) is 5.11 Å². The maximum atomic E-state index is 9.31. The normalized spacial score (nSPS) is 19.5. The average molecular weight is 264 g/mol. The van der Waals surface area contributed by atoms with Gasteiger partial charge in [-0.2, -0.15) is 0 Å². The standard InChI is InChI=1S/C15H24N2O2/c18-12-15(19)10-16-14-6-8-17(9-7-14)11-13-4-2-1-3-5-13/h1-5,14-16,18-19H,6-12H2/t15-/m1/s1. The molecule has 4 nitrogen and oxygen atoms in total. The van der Waals surface area contributed by atoms with E-state index in [-0.39, 0.29) is 6.61 Å². The summed E-state index contributed by atoms with van der Waals surface area (Å²) >= 11 is 0. The van der Waals surface area contributed by atoms with E-state index in [1.807, 2.05) is 6.07 Å². The summed E-state index contributed by atoms with van der Waals surface area (Å²) in [6, 6.07) is 11.0. The molecule has 1 aromatic rings. The molecule has 0 aromatic heterocycles. The summed E-state index contributed by atoms with van der Waals surface area (Å²) in [5, 5.41) is 21.4. The summed E-state index contributed by atoms with van der Waals surface area (Å²) in [7, 11) is 0. The van der Waals surface area contributed by atoms with Gasteiger partial charge in [-0.05, 0) is 31.5 Å². The van der Waals surface area contributed by atoms with Crippen molar-refractivity contribution in [1.29, 1.82) is 0 Å². The van der Waals surface area contributed by atoms with Crippen LogP contribution in [0.4, 0.5) is 0 Å². The molecule has 2 rings (SSSR count). The lowest BCUT2D eigenvalue weighted by atomic mass is 10.0. The van der Waals surface area contributed by atoms with Crippen molar-refractivity contribution in [3.05, 3.63) is 35.9 Å². The minimum absolute atomic E-state index is 0.167. The Labute approximate surface area is 115 Å². The van der Waals surface area contributed by atoms with Crippen LogP contribution in [0.2, 0.25) is 0 Å². The van der Waals surface area contributed by atoms with Crippen LogP contribution in [0.3, 0.4) is 0 Å². The SMILES string of the molecule is OC[C@H](O)CNC1CCN(Cc2ccccc2)CC1. The van der Waals surface area contributed by atoms with E-state index < -0.39 is 6.10 Å². The lowest BCUT2D eigenvalue weighted by molar-refractivity contribution is 0.0874. The van der Waals surface area contributed by atoms with Crippen LogP contribution in [0.25, 0.3) is 0 Å². The van der Waals surface area contributed by atoms with Crippen LogP contribution >= 0.6 is 0 Å². The summed E-state index contributed by atoms with van der Waals surface area (Å²) in [5.74, 6) is 0. The first-order valence-corrected chi connectivity index (χ1v) is 7.06. The van der Waals surface area contributed by atoms with Gasteiger partial charge < -0.3 is 15.5 Å². The smallest absolute Gasteiger partial charge is 0.0895 e. The molecule has 0 unspecified atom stereocenters. The zero-order chi connectivity index (χ0) is 13.5. The molecule has 1 aliphatic rings. The molecule has 1 saturated heterocycles. The van der Waals surface area contributed by atoms with Crippen molar-refractivity contribution in [2.75, 3.05) is 26.2 Å². The minimum Gasteiger partial charge on any atom is -0.394 e. The van der Waals surface area contributed by atoms with Gasteiger partial charge in [0.1, 0.15) is 0 Å². The predicted molar refractivity (Wildman–Crippen MR) is 75.8 cm³/mol. The number of nitrogens with zero attached hydrogens (tertiary/aromatic N) is 1. The second-order valence-electron chi connectivity index (χ2n) is 5.28. The first kappa shape index (κ1) is 14.5. The quantitative estimate of drug-likeness (QED) is 0.704. The van der Waals surface area contributed by atoms with Crippen LogP contribution in [0.15, 0.2) is 30.3 Å². The van der Waals surface area contributed by atoms with Gasteiger partial charge in [-0.15, -0.1) is 0 Å². The number of hydrogen-bond donors (Lipinski definition) is 3. The van der Waals surface area contributed by atoms with Crippen LogP contribution in [-0.2, 0) is 6.54 Å². The zero-order valence-electron chi connectivity index (χ0n) is 11.3. The largest absolute Gasteiger partial charge is 0.394 e. The van der Waals surface area contributed by atoms with Crippen molar-refractivity contribution >= 4 is 0 Å². The molecule has 0 amide bonds. The molecule has 1 fully saturated rings. The summed E-state index contributed by atoms with van der Waals surface area (Å²) in [6.07, 6.45) is 1.57. The van der Waals surface area contributed by atoms with Crippen LogP contribution in [0, 0.1) is 0 Å². The van der Waals surface area contributed by atoms with Gasteiger partial charge in [0, 0.05) is 19.1 Å². The highest BCUT2D eigenvalue weighted by molar-refractivity contribution is 5.14. The summed E-state index contributed by atoms with van der Waals surface area (Å²) < 4.78 is 0. The number of aliphatic hydroxyl groups is 2. The maximum Gasteiger partial charge on any atom is 0.0895 e. The van der Waals surface area contributed by atoms with Crippen LogP contribution in [0.1, 0.15) is 18.4 Å². The molecule has 0 spiro atoms. The number of hydrogen-bond acceptors (Lipinski definition) is 4. The summed E-state index contributed by atoms with van der Waals surface area (Å²) in [4.78, 5) is 2.47. The Morgan fingerprint density at radius 1 is 1.21 bits per heavy atom. The number of aliphatic hydroxyl groups excluding tert-OH is 2. The van der Waals surface area contributed by atoms with Gasteiger partial charge in [0.25, 0.3) is 0 Å². The highest BCUT2D eigenvalue weighted by Gasteiger charge is 2.19. The van der Waals surface area contributed by atoms with Crippen molar-refractivity contribution in [1.82, 2.24) is 10.2 Å². The van der Waals surface area contributed by atoms with Crippen molar-refractivity contribution in [2.24, 2.45) is 0 Å². The topological polar surface area (TPSA) is 55.7 Å². The maximum absolute atomic E-state index is 9.31. The van der Waals surface area contributed by atoms with Gasteiger partial charge in [-0.25, -0.2) is 0 Å². The molecule has 0 radical (unpaired) electrons. The molecule has 3 N–H and O–H groups in total. The van der Waals surface area contributed by atoms with Gasteiger partial charge in [0.05, 0.1) is 12.7 Å². The lowest BCUT2D eigenvalue weighted by Crippen LogP contribution is -2.44. The van der Waals surface area contributed by atoms with Gasteiger partial charge in [-0.1, -0.05) is 30.3 Å². The van der Waals surface area contributed by atoms with Crippen molar-refractivity contribution in [2.45, 2.75) is 31.5 Å². The van der Waals surface area contributed by atoms with E-state index in [4.69, 9.17) is 5.11 Å². The Kier molecular flexibility index (Phi) is 5.79. The predicted octanol–water partition coefficient (Wildman–Crippen LogP) is 0.594. The number of piperidine rings is 1. The fraction of sp³-hybridized carbons (Fsp3) is 0.600.